The van der Waals surface area contributed by atoms with Gasteiger partial charge in [-0.05, 0) is 12.3 Å². The van der Waals surface area contributed by atoms with Crippen LogP contribution in [0.4, 0.5) is 0 Å². The molecule has 2 nitrogen and oxygen atoms in total. The molecule has 0 N–H and O–H groups in total. The molecular formula is C16H19O2Y-. The Bertz CT molecular complexity index is 522. The Morgan fingerprint density at radius 2 is 1.79 bits per heavy atom. The maximum Gasteiger partial charge on any atom is 0.306 e. The third-order valence-electron chi connectivity index (χ3n) is 4.57. The molecule has 1 aliphatic carbocycles. The van der Waals surface area contributed by atoms with Crippen molar-refractivity contribution in [1.82, 2.24) is 0 Å². The Kier molecular flexibility index (Phi) is 4.52. The number of aryl methyl sites for hydroxylation is 2. The molecule has 2 aliphatic rings. The van der Waals surface area contributed by atoms with Gasteiger partial charge in [0.25, 0.3) is 0 Å². The summed E-state index contributed by atoms with van der Waals surface area (Å²) in [4.78, 5) is 11.6. The summed E-state index contributed by atoms with van der Waals surface area (Å²) in [6, 6.07) is 3.43. The van der Waals surface area contributed by atoms with E-state index in [-0.39, 0.29) is 44.8 Å². The van der Waals surface area contributed by atoms with Crippen LogP contribution in [0.5, 0.6) is 0 Å². The molecule has 19 heavy (non-hydrogen) atoms. The topological polar surface area (TPSA) is 26.3 Å². The van der Waals surface area contributed by atoms with Crippen LogP contribution in [0, 0.1) is 32.8 Å². The van der Waals surface area contributed by atoms with Gasteiger partial charge in [-0.15, -0.1) is 16.7 Å². The molecule has 3 heteroatoms. The van der Waals surface area contributed by atoms with Gasteiger partial charge in [-0.1, -0.05) is 33.6 Å². The molecule has 3 rings (SSSR count). The number of benzene rings is 1. The maximum atomic E-state index is 11.6. The van der Waals surface area contributed by atoms with Gasteiger partial charge in [0, 0.05) is 39.1 Å². The van der Waals surface area contributed by atoms with Crippen LogP contribution in [-0.4, -0.2) is 5.97 Å². The summed E-state index contributed by atoms with van der Waals surface area (Å²) < 4.78 is 5.65. The van der Waals surface area contributed by atoms with Crippen molar-refractivity contribution in [2.24, 2.45) is 5.92 Å². The van der Waals surface area contributed by atoms with Crippen LogP contribution in [0.15, 0.2) is 0 Å². The molecule has 0 bridgehead atoms. The molecule has 1 aromatic rings. The first-order valence-electron chi connectivity index (χ1n) is 6.79. The summed E-state index contributed by atoms with van der Waals surface area (Å²) in [5.74, 6) is 0.488. The zero-order valence-electron chi connectivity index (χ0n) is 11.9. The molecule has 2 unspecified atom stereocenters. The third-order valence-corrected chi connectivity index (χ3v) is 4.57. The van der Waals surface area contributed by atoms with E-state index in [0.29, 0.717) is 12.3 Å². The average Bonchev–Trinajstić information content (AvgIpc) is 2.34. The van der Waals surface area contributed by atoms with Gasteiger partial charge in [0.2, 0.25) is 0 Å². The molecule has 1 aromatic carbocycles. The zero-order chi connectivity index (χ0) is 12.9. The first-order valence-corrected chi connectivity index (χ1v) is 6.79. The molecule has 1 fully saturated rings. The van der Waals surface area contributed by atoms with E-state index < -0.39 is 0 Å². The summed E-state index contributed by atoms with van der Waals surface area (Å²) in [5, 5.41) is 0. The van der Waals surface area contributed by atoms with Gasteiger partial charge in [0.05, 0.1) is 0 Å². The van der Waals surface area contributed by atoms with Gasteiger partial charge in [0.1, 0.15) is 6.10 Å². The molecule has 1 heterocycles. The number of esters is 1. The second-order valence-corrected chi connectivity index (χ2v) is 5.64. The Hall–Kier alpha value is -0.206. The Morgan fingerprint density at radius 3 is 2.53 bits per heavy atom. The molecule has 2 atom stereocenters. The minimum absolute atomic E-state index is 0. The first-order chi connectivity index (χ1) is 8.58. The molecule has 1 aliphatic heterocycles. The van der Waals surface area contributed by atoms with Crippen LogP contribution in [-0.2, 0) is 48.7 Å². The molecule has 0 aromatic heterocycles. The SMILES string of the molecule is Cc1[c-]c(C)c2c(c1C)C1OC(=O)CCC1CC2.[Y]. The smallest absolute Gasteiger partial charge is 0.306 e. The third kappa shape index (κ3) is 2.54. The van der Waals surface area contributed by atoms with E-state index in [9.17, 15) is 4.79 Å². The normalized spacial score (nSPS) is 24.9. The van der Waals surface area contributed by atoms with Crippen LogP contribution in [0.1, 0.15) is 53.2 Å². The van der Waals surface area contributed by atoms with E-state index in [1.165, 1.54) is 27.8 Å². The predicted octanol–water partition coefficient (Wildman–Crippen LogP) is 3.35. The second kappa shape index (κ2) is 5.65. The van der Waals surface area contributed by atoms with Crippen LogP contribution in [0.2, 0.25) is 0 Å². The van der Waals surface area contributed by atoms with Gasteiger partial charge in [-0.25, -0.2) is 0 Å². The molecule has 1 radical (unpaired) electrons. The van der Waals surface area contributed by atoms with Gasteiger partial charge >= 0.3 is 5.97 Å². The first kappa shape index (κ1) is 15.2. The fraction of sp³-hybridized carbons (Fsp3) is 0.562. The summed E-state index contributed by atoms with van der Waals surface area (Å²) in [7, 11) is 0. The van der Waals surface area contributed by atoms with Crippen molar-refractivity contribution in [2.75, 3.05) is 0 Å². The molecule has 99 valence electrons. The second-order valence-electron chi connectivity index (χ2n) is 5.64. The Morgan fingerprint density at radius 1 is 1.11 bits per heavy atom. The van der Waals surface area contributed by atoms with Crippen LogP contribution < -0.4 is 0 Å². The van der Waals surface area contributed by atoms with Crippen LogP contribution in [0.3, 0.4) is 0 Å². The number of fused-ring (bicyclic) bond motifs is 3. The van der Waals surface area contributed by atoms with Gasteiger partial charge in [-0.2, -0.15) is 17.2 Å². The summed E-state index contributed by atoms with van der Waals surface area (Å²) in [5.41, 5.74) is 6.34. The van der Waals surface area contributed by atoms with Crippen molar-refractivity contribution in [2.45, 2.75) is 52.6 Å². The standard InChI is InChI=1S/C16H19O2.Y/c1-9-8-10(2)13-6-4-12-5-7-14(17)18-16(12)15(13)11(9)3;/h12,16H,4-7H2,1-3H3;/q-1;. The van der Waals surface area contributed by atoms with Gasteiger partial charge in [0.15, 0.2) is 0 Å². The van der Waals surface area contributed by atoms with E-state index in [2.05, 4.69) is 26.8 Å². The number of carbonyl (C=O) groups is 1. The molecule has 1 saturated heterocycles. The van der Waals surface area contributed by atoms with Crippen molar-refractivity contribution in [3.8, 4) is 0 Å². The largest absolute Gasteiger partial charge is 0.459 e. The number of carbonyl (C=O) groups excluding carboxylic acids is 1. The zero-order valence-corrected chi connectivity index (χ0v) is 14.7. The van der Waals surface area contributed by atoms with E-state index in [0.717, 1.165) is 19.3 Å². The van der Waals surface area contributed by atoms with Gasteiger partial charge in [-0.3, -0.25) is 4.79 Å². The summed E-state index contributed by atoms with van der Waals surface area (Å²) in [6.45, 7) is 6.35. The fourth-order valence-electron chi connectivity index (χ4n) is 3.46. The van der Waals surface area contributed by atoms with Gasteiger partial charge < -0.3 is 4.74 Å². The Balaban J connectivity index is 0.00000133. The van der Waals surface area contributed by atoms with Crippen molar-refractivity contribution >= 4 is 5.97 Å². The minimum atomic E-state index is -0.0355. The average molecular weight is 332 g/mol. The van der Waals surface area contributed by atoms with Crippen molar-refractivity contribution in [1.29, 1.82) is 0 Å². The molecular weight excluding hydrogens is 313 g/mol. The molecule has 0 saturated carbocycles. The number of ether oxygens (including phenoxy) is 1. The predicted molar refractivity (Wildman–Crippen MR) is 69.4 cm³/mol. The summed E-state index contributed by atoms with van der Waals surface area (Å²) >= 11 is 0. The van der Waals surface area contributed by atoms with Crippen molar-refractivity contribution in [3.63, 3.8) is 0 Å². The molecule has 0 spiro atoms. The maximum absolute atomic E-state index is 11.6. The van der Waals surface area contributed by atoms with E-state index in [4.69, 9.17) is 4.74 Å². The van der Waals surface area contributed by atoms with E-state index in [1.807, 2.05) is 0 Å². The summed E-state index contributed by atoms with van der Waals surface area (Å²) in [6.07, 6.45) is 3.83. The minimum Gasteiger partial charge on any atom is -0.459 e. The Labute approximate surface area is 140 Å². The number of hydrogen-bond acceptors (Lipinski definition) is 2. The van der Waals surface area contributed by atoms with Crippen molar-refractivity contribution in [3.05, 3.63) is 33.9 Å². The quantitative estimate of drug-likeness (QED) is 0.538. The van der Waals surface area contributed by atoms with E-state index >= 15 is 0 Å². The fourth-order valence-corrected chi connectivity index (χ4v) is 3.46. The number of rotatable bonds is 0. The van der Waals surface area contributed by atoms with Crippen LogP contribution in [0.25, 0.3) is 0 Å². The van der Waals surface area contributed by atoms with E-state index in [1.54, 1.807) is 0 Å². The van der Waals surface area contributed by atoms with Crippen molar-refractivity contribution < 1.29 is 42.2 Å². The monoisotopic (exact) mass is 332 g/mol. The number of hydrogen-bond donors (Lipinski definition) is 0. The molecule has 0 amide bonds. The van der Waals surface area contributed by atoms with Crippen LogP contribution >= 0.6 is 0 Å².